The summed E-state index contributed by atoms with van der Waals surface area (Å²) < 4.78 is 0.155. The third-order valence-corrected chi connectivity index (χ3v) is 4.90. The van der Waals surface area contributed by atoms with Gasteiger partial charge in [-0.15, -0.1) is 11.8 Å². The molecule has 0 radical (unpaired) electrons. The van der Waals surface area contributed by atoms with Crippen LogP contribution in [-0.2, 0) is 4.75 Å². The highest BCUT2D eigenvalue weighted by molar-refractivity contribution is 8.00. The lowest BCUT2D eigenvalue weighted by Crippen LogP contribution is -2.17. The lowest BCUT2D eigenvalue weighted by atomic mass is 9.89. The SMILES string of the molecule is Cc1ccc2c(c1)SC(C)(C)c1cc(C)ccc1-2. The van der Waals surface area contributed by atoms with Crippen molar-refractivity contribution in [2.45, 2.75) is 37.3 Å². The molecule has 0 N–H and O–H groups in total. The number of benzene rings is 2. The van der Waals surface area contributed by atoms with E-state index in [0.29, 0.717) is 0 Å². The van der Waals surface area contributed by atoms with Gasteiger partial charge in [-0.2, -0.15) is 0 Å². The molecule has 0 amide bonds. The van der Waals surface area contributed by atoms with E-state index >= 15 is 0 Å². The molecule has 1 heterocycles. The average Bonchev–Trinajstić information content (AvgIpc) is 2.28. The maximum Gasteiger partial charge on any atom is 0.0405 e. The molecule has 3 rings (SSSR count). The fourth-order valence-electron chi connectivity index (χ4n) is 2.66. The van der Waals surface area contributed by atoms with Gasteiger partial charge in [-0.3, -0.25) is 0 Å². The monoisotopic (exact) mass is 254 g/mol. The predicted octanol–water partition coefficient (Wildman–Crippen LogP) is 5.31. The summed E-state index contributed by atoms with van der Waals surface area (Å²) in [6.07, 6.45) is 0. The maximum atomic E-state index is 2.34. The second kappa shape index (κ2) is 3.89. The van der Waals surface area contributed by atoms with Gasteiger partial charge in [0, 0.05) is 9.64 Å². The Kier molecular flexibility index (Phi) is 2.56. The van der Waals surface area contributed by atoms with E-state index in [1.807, 2.05) is 11.8 Å². The molecular weight excluding hydrogens is 236 g/mol. The zero-order chi connectivity index (χ0) is 12.9. The molecule has 0 saturated heterocycles. The number of hydrogen-bond acceptors (Lipinski definition) is 1. The zero-order valence-corrected chi connectivity index (χ0v) is 12.2. The van der Waals surface area contributed by atoms with Crippen LogP contribution in [0.15, 0.2) is 41.3 Å². The fraction of sp³-hybridized carbons (Fsp3) is 0.294. The van der Waals surface area contributed by atoms with E-state index in [1.54, 1.807) is 0 Å². The van der Waals surface area contributed by atoms with Crippen LogP contribution in [0.3, 0.4) is 0 Å². The molecule has 1 heteroatoms. The van der Waals surface area contributed by atoms with Crippen LogP contribution in [0.2, 0.25) is 0 Å². The van der Waals surface area contributed by atoms with Crippen LogP contribution in [0.5, 0.6) is 0 Å². The lowest BCUT2D eigenvalue weighted by Gasteiger charge is -2.34. The first kappa shape index (κ1) is 11.9. The Balaban J connectivity index is 2.31. The quantitative estimate of drug-likeness (QED) is 0.614. The van der Waals surface area contributed by atoms with Crippen molar-refractivity contribution in [3.63, 3.8) is 0 Å². The Hall–Kier alpha value is -1.21. The van der Waals surface area contributed by atoms with E-state index in [0.717, 1.165) is 0 Å². The van der Waals surface area contributed by atoms with Crippen molar-refractivity contribution in [1.29, 1.82) is 0 Å². The molecule has 0 spiro atoms. The van der Waals surface area contributed by atoms with Crippen LogP contribution in [0.1, 0.15) is 30.5 Å². The van der Waals surface area contributed by atoms with Gasteiger partial charge in [0.25, 0.3) is 0 Å². The van der Waals surface area contributed by atoms with Crippen LogP contribution in [0.4, 0.5) is 0 Å². The summed E-state index contributed by atoms with van der Waals surface area (Å²) in [7, 11) is 0. The fourth-order valence-corrected chi connectivity index (χ4v) is 4.02. The second-order valence-electron chi connectivity index (χ2n) is 5.66. The number of fused-ring (bicyclic) bond motifs is 3. The smallest absolute Gasteiger partial charge is 0.0405 e. The molecule has 1 aliphatic heterocycles. The van der Waals surface area contributed by atoms with E-state index in [-0.39, 0.29) is 4.75 Å². The highest BCUT2D eigenvalue weighted by atomic mass is 32.2. The lowest BCUT2D eigenvalue weighted by molar-refractivity contribution is 0.777. The molecule has 2 aromatic rings. The average molecular weight is 254 g/mol. The molecule has 0 atom stereocenters. The van der Waals surface area contributed by atoms with Crippen LogP contribution in [0.25, 0.3) is 11.1 Å². The van der Waals surface area contributed by atoms with Gasteiger partial charge >= 0.3 is 0 Å². The predicted molar refractivity (Wildman–Crippen MR) is 80.2 cm³/mol. The summed E-state index contributed by atoms with van der Waals surface area (Å²) in [5.74, 6) is 0. The van der Waals surface area contributed by atoms with Gasteiger partial charge < -0.3 is 0 Å². The summed E-state index contributed by atoms with van der Waals surface area (Å²) in [6.45, 7) is 8.98. The first-order valence-electron chi connectivity index (χ1n) is 6.38. The summed E-state index contributed by atoms with van der Waals surface area (Å²) in [4.78, 5) is 1.41. The topological polar surface area (TPSA) is 0 Å². The number of rotatable bonds is 0. The Morgan fingerprint density at radius 1 is 0.833 bits per heavy atom. The van der Waals surface area contributed by atoms with Gasteiger partial charge in [-0.25, -0.2) is 0 Å². The van der Waals surface area contributed by atoms with Gasteiger partial charge in [0.05, 0.1) is 0 Å². The van der Waals surface area contributed by atoms with E-state index in [2.05, 4.69) is 64.1 Å². The molecule has 0 fully saturated rings. The molecular formula is C17H18S. The molecule has 0 aliphatic carbocycles. The van der Waals surface area contributed by atoms with Crippen LogP contribution < -0.4 is 0 Å². The second-order valence-corrected chi connectivity index (χ2v) is 7.33. The van der Waals surface area contributed by atoms with E-state index in [4.69, 9.17) is 0 Å². The van der Waals surface area contributed by atoms with Gasteiger partial charge in [-0.1, -0.05) is 35.9 Å². The van der Waals surface area contributed by atoms with Gasteiger partial charge in [0.1, 0.15) is 0 Å². The molecule has 0 unspecified atom stereocenters. The maximum absolute atomic E-state index is 2.34. The Morgan fingerprint density at radius 3 is 2.17 bits per heavy atom. The van der Waals surface area contributed by atoms with Crippen LogP contribution in [-0.4, -0.2) is 0 Å². The molecule has 0 saturated carbocycles. The summed E-state index contributed by atoms with van der Waals surface area (Å²) >= 11 is 1.98. The summed E-state index contributed by atoms with van der Waals surface area (Å²) in [5, 5.41) is 0. The molecule has 0 nitrogen and oxygen atoms in total. The Morgan fingerprint density at radius 2 is 1.44 bits per heavy atom. The van der Waals surface area contributed by atoms with Crippen molar-refractivity contribution < 1.29 is 0 Å². The molecule has 92 valence electrons. The first-order valence-corrected chi connectivity index (χ1v) is 7.20. The number of aryl methyl sites for hydroxylation is 2. The largest absolute Gasteiger partial charge is 0.114 e. The summed E-state index contributed by atoms with van der Waals surface area (Å²) in [5.41, 5.74) is 6.94. The molecule has 2 aromatic carbocycles. The van der Waals surface area contributed by atoms with Crippen LogP contribution in [0, 0.1) is 13.8 Å². The van der Waals surface area contributed by atoms with Gasteiger partial charge in [0.15, 0.2) is 0 Å². The third-order valence-electron chi connectivity index (χ3n) is 3.62. The van der Waals surface area contributed by atoms with Gasteiger partial charge in [-0.05, 0) is 56.0 Å². The van der Waals surface area contributed by atoms with Crippen molar-refractivity contribution in [2.24, 2.45) is 0 Å². The Bertz CT molecular complexity index is 624. The normalized spacial score (nSPS) is 16.0. The van der Waals surface area contributed by atoms with Crippen molar-refractivity contribution in [2.75, 3.05) is 0 Å². The number of thioether (sulfide) groups is 1. The molecule has 0 bridgehead atoms. The highest BCUT2D eigenvalue weighted by Gasteiger charge is 2.31. The standard InChI is InChI=1S/C17H18S/c1-11-5-7-13-14-8-6-12(2)10-16(14)18-17(3,4)15(13)9-11/h5-10H,1-4H3. The van der Waals surface area contributed by atoms with E-state index in [1.165, 1.54) is 32.7 Å². The molecule has 0 aromatic heterocycles. The highest BCUT2D eigenvalue weighted by Crippen LogP contribution is 2.52. The minimum absolute atomic E-state index is 0.155. The van der Waals surface area contributed by atoms with Crippen molar-refractivity contribution in [1.82, 2.24) is 0 Å². The third kappa shape index (κ3) is 1.78. The van der Waals surface area contributed by atoms with E-state index in [9.17, 15) is 0 Å². The van der Waals surface area contributed by atoms with Crippen molar-refractivity contribution >= 4 is 11.8 Å². The van der Waals surface area contributed by atoms with Crippen molar-refractivity contribution in [3.8, 4) is 11.1 Å². The number of hydrogen-bond donors (Lipinski definition) is 0. The molecule has 18 heavy (non-hydrogen) atoms. The minimum atomic E-state index is 0.155. The molecule has 1 aliphatic rings. The first-order chi connectivity index (χ1) is 8.47. The van der Waals surface area contributed by atoms with Crippen LogP contribution >= 0.6 is 11.8 Å². The zero-order valence-electron chi connectivity index (χ0n) is 11.4. The van der Waals surface area contributed by atoms with Gasteiger partial charge in [0.2, 0.25) is 0 Å². The van der Waals surface area contributed by atoms with Crippen molar-refractivity contribution in [3.05, 3.63) is 53.1 Å². The minimum Gasteiger partial charge on any atom is -0.114 e. The Labute approximate surface area is 113 Å². The van der Waals surface area contributed by atoms with E-state index < -0.39 is 0 Å². The summed E-state index contributed by atoms with van der Waals surface area (Å²) in [6, 6.07) is 13.6.